The Labute approximate surface area is 187 Å². The summed E-state index contributed by atoms with van der Waals surface area (Å²) in [5.41, 5.74) is 1.77. The first kappa shape index (κ1) is 21.1. The SMILES string of the molecule is CCOC(=O)N1CC2(CC[C@@H](N3CCN(c4ncc(F)cc4-c4cncnc4)CC3)C2)C1. The molecule has 170 valence electrons. The summed E-state index contributed by atoms with van der Waals surface area (Å²) < 4.78 is 19.1. The lowest BCUT2D eigenvalue weighted by atomic mass is 9.78. The van der Waals surface area contributed by atoms with Gasteiger partial charge in [0.1, 0.15) is 18.0 Å². The molecule has 4 heterocycles. The second-order valence-corrected chi connectivity index (χ2v) is 9.13. The summed E-state index contributed by atoms with van der Waals surface area (Å²) in [5.74, 6) is 0.424. The molecule has 3 aliphatic rings. The van der Waals surface area contributed by atoms with Crippen molar-refractivity contribution in [3.05, 3.63) is 36.8 Å². The van der Waals surface area contributed by atoms with Crippen LogP contribution in [0.1, 0.15) is 26.2 Å². The molecule has 1 spiro atoms. The van der Waals surface area contributed by atoms with Crippen molar-refractivity contribution < 1.29 is 13.9 Å². The Kier molecular flexibility index (Phi) is 5.67. The van der Waals surface area contributed by atoms with Crippen molar-refractivity contribution in [2.45, 2.75) is 32.2 Å². The van der Waals surface area contributed by atoms with Gasteiger partial charge in [0.05, 0.1) is 12.8 Å². The number of pyridine rings is 1. The molecule has 0 aromatic carbocycles. The third-order valence-electron chi connectivity index (χ3n) is 7.09. The van der Waals surface area contributed by atoms with Crippen molar-refractivity contribution in [1.29, 1.82) is 0 Å². The van der Waals surface area contributed by atoms with Gasteiger partial charge in [0.2, 0.25) is 0 Å². The van der Waals surface area contributed by atoms with Gasteiger partial charge >= 0.3 is 6.09 Å². The summed E-state index contributed by atoms with van der Waals surface area (Å²) >= 11 is 0. The Hall–Kier alpha value is -2.81. The maximum Gasteiger partial charge on any atom is 0.409 e. The third-order valence-corrected chi connectivity index (χ3v) is 7.09. The largest absolute Gasteiger partial charge is 0.450 e. The minimum Gasteiger partial charge on any atom is -0.450 e. The molecule has 1 atom stereocenters. The Morgan fingerprint density at radius 2 is 1.94 bits per heavy atom. The summed E-state index contributed by atoms with van der Waals surface area (Å²) in [6.07, 6.45) is 9.45. The first-order valence-corrected chi connectivity index (χ1v) is 11.4. The number of ether oxygens (including phenoxy) is 1. The molecular formula is C23H29FN6O2. The molecule has 3 fully saturated rings. The number of anilines is 1. The van der Waals surface area contributed by atoms with Gasteiger partial charge in [0.25, 0.3) is 0 Å². The summed E-state index contributed by atoms with van der Waals surface area (Å²) in [6, 6.07) is 2.07. The van der Waals surface area contributed by atoms with E-state index in [0.717, 1.165) is 62.6 Å². The fourth-order valence-corrected chi connectivity index (χ4v) is 5.52. The van der Waals surface area contributed by atoms with Gasteiger partial charge in [-0.2, -0.15) is 0 Å². The number of halogens is 1. The molecule has 0 radical (unpaired) electrons. The maximum absolute atomic E-state index is 13.9. The van der Waals surface area contributed by atoms with Crippen LogP contribution in [0.2, 0.25) is 0 Å². The zero-order valence-corrected chi connectivity index (χ0v) is 18.4. The molecule has 9 heteroatoms. The highest BCUT2D eigenvalue weighted by atomic mass is 19.1. The first-order valence-electron chi connectivity index (χ1n) is 11.4. The number of carbonyl (C=O) groups excluding carboxylic acids is 1. The highest BCUT2D eigenvalue weighted by Crippen LogP contribution is 2.47. The highest BCUT2D eigenvalue weighted by molar-refractivity contribution is 5.75. The monoisotopic (exact) mass is 440 g/mol. The van der Waals surface area contributed by atoms with E-state index in [1.165, 1.54) is 31.4 Å². The molecule has 2 saturated heterocycles. The van der Waals surface area contributed by atoms with Crippen LogP contribution in [-0.2, 0) is 4.74 Å². The molecule has 8 nitrogen and oxygen atoms in total. The number of carbonyl (C=O) groups is 1. The molecular weight excluding hydrogens is 411 g/mol. The summed E-state index contributed by atoms with van der Waals surface area (Å²) in [5, 5.41) is 0. The zero-order chi connectivity index (χ0) is 22.1. The third kappa shape index (κ3) is 4.01. The van der Waals surface area contributed by atoms with Crippen LogP contribution in [0, 0.1) is 11.2 Å². The highest BCUT2D eigenvalue weighted by Gasteiger charge is 2.51. The van der Waals surface area contributed by atoms with Gasteiger partial charge in [-0.05, 0) is 32.3 Å². The van der Waals surface area contributed by atoms with Crippen LogP contribution >= 0.6 is 0 Å². The number of piperazine rings is 1. The van der Waals surface area contributed by atoms with Crippen LogP contribution < -0.4 is 4.90 Å². The van der Waals surface area contributed by atoms with Gasteiger partial charge < -0.3 is 14.5 Å². The van der Waals surface area contributed by atoms with Crippen molar-refractivity contribution in [1.82, 2.24) is 24.8 Å². The van der Waals surface area contributed by atoms with Crippen LogP contribution in [0.25, 0.3) is 11.1 Å². The molecule has 2 aromatic heterocycles. The minimum atomic E-state index is -0.361. The van der Waals surface area contributed by atoms with Crippen molar-refractivity contribution >= 4 is 11.9 Å². The minimum absolute atomic E-state index is 0.179. The molecule has 0 unspecified atom stereocenters. The number of amides is 1. The molecule has 2 aliphatic heterocycles. The van der Waals surface area contributed by atoms with Crippen molar-refractivity contribution in [2.75, 3.05) is 50.8 Å². The van der Waals surface area contributed by atoms with Crippen LogP contribution in [0.5, 0.6) is 0 Å². The average Bonchev–Trinajstić information content (AvgIpc) is 3.25. The Morgan fingerprint density at radius 1 is 1.19 bits per heavy atom. The number of aromatic nitrogens is 3. The molecule has 1 aliphatic carbocycles. The van der Waals surface area contributed by atoms with Crippen molar-refractivity contribution in [3.63, 3.8) is 0 Å². The summed E-state index contributed by atoms with van der Waals surface area (Å²) in [4.78, 5) is 31.1. The van der Waals surface area contributed by atoms with E-state index in [1.807, 2.05) is 11.8 Å². The number of hydrogen-bond acceptors (Lipinski definition) is 7. The smallest absolute Gasteiger partial charge is 0.409 e. The van der Waals surface area contributed by atoms with E-state index >= 15 is 0 Å². The number of hydrogen-bond donors (Lipinski definition) is 0. The van der Waals surface area contributed by atoms with E-state index in [1.54, 1.807) is 12.4 Å². The fraction of sp³-hybridized carbons (Fsp3) is 0.565. The number of nitrogens with zero attached hydrogens (tertiary/aromatic N) is 6. The van der Waals surface area contributed by atoms with Crippen molar-refractivity contribution in [2.24, 2.45) is 5.41 Å². The molecule has 0 N–H and O–H groups in total. The van der Waals surface area contributed by atoms with E-state index in [2.05, 4.69) is 24.8 Å². The van der Waals surface area contributed by atoms with E-state index in [9.17, 15) is 9.18 Å². The molecule has 2 aromatic rings. The Bertz CT molecular complexity index is 960. The van der Waals surface area contributed by atoms with E-state index in [-0.39, 0.29) is 17.3 Å². The second-order valence-electron chi connectivity index (χ2n) is 9.13. The summed E-state index contributed by atoms with van der Waals surface area (Å²) in [7, 11) is 0. The Morgan fingerprint density at radius 3 is 2.66 bits per heavy atom. The van der Waals surface area contributed by atoms with E-state index in [0.29, 0.717) is 12.6 Å². The van der Waals surface area contributed by atoms with Gasteiger partial charge in [-0.25, -0.2) is 24.1 Å². The summed E-state index contributed by atoms with van der Waals surface area (Å²) in [6.45, 7) is 7.51. The van der Waals surface area contributed by atoms with Gasteiger partial charge in [0, 0.05) is 74.2 Å². The average molecular weight is 441 g/mol. The predicted octanol–water partition coefficient (Wildman–Crippen LogP) is 2.81. The van der Waals surface area contributed by atoms with E-state index in [4.69, 9.17) is 4.74 Å². The van der Waals surface area contributed by atoms with E-state index < -0.39 is 0 Å². The van der Waals surface area contributed by atoms with Gasteiger partial charge in [0.15, 0.2) is 0 Å². The predicted molar refractivity (Wildman–Crippen MR) is 118 cm³/mol. The van der Waals surface area contributed by atoms with Gasteiger partial charge in [-0.3, -0.25) is 4.90 Å². The topological polar surface area (TPSA) is 74.7 Å². The van der Waals surface area contributed by atoms with Crippen LogP contribution in [0.15, 0.2) is 31.0 Å². The Balaban J connectivity index is 1.20. The van der Waals surface area contributed by atoms with Crippen LogP contribution in [0.4, 0.5) is 15.0 Å². The maximum atomic E-state index is 13.9. The molecule has 1 saturated carbocycles. The lowest BCUT2D eigenvalue weighted by Crippen LogP contribution is -2.58. The number of likely N-dealkylation sites (tertiary alicyclic amines) is 1. The van der Waals surface area contributed by atoms with Crippen LogP contribution in [0.3, 0.4) is 0 Å². The lowest BCUT2D eigenvalue weighted by Gasteiger charge is -2.48. The molecule has 0 bridgehead atoms. The lowest BCUT2D eigenvalue weighted by molar-refractivity contribution is -0.00294. The fourth-order valence-electron chi connectivity index (χ4n) is 5.52. The molecule has 5 rings (SSSR count). The second kappa shape index (κ2) is 8.61. The normalized spacial score (nSPS) is 22.8. The zero-order valence-electron chi connectivity index (χ0n) is 18.4. The van der Waals surface area contributed by atoms with Crippen LogP contribution in [-0.4, -0.2) is 82.8 Å². The van der Waals surface area contributed by atoms with Crippen molar-refractivity contribution in [3.8, 4) is 11.1 Å². The number of rotatable bonds is 4. The quantitative estimate of drug-likeness (QED) is 0.724. The van der Waals surface area contributed by atoms with Gasteiger partial charge in [-0.1, -0.05) is 0 Å². The first-order chi connectivity index (χ1) is 15.6. The standard InChI is InChI=1S/C23H29FN6O2/c1-2-32-22(31)30-14-23(15-30)4-3-19(10-23)28-5-7-29(8-6-28)21-20(9-18(24)13-27-21)17-11-25-16-26-12-17/h9,11-13,16,19H,2-8,10,14-15H2,1H3/t19-/m1/s1. The molecule has 1 amide bonds. The van der Waals surface area contributed by atoms with Gasteiger partial charge in [-0.15, -0.1) is 0 Å². The molecule has 32 heavy (non-hydrogen) atoms.